The molecule has 0 spiro atoms. The Balaban J connectivity index is 2.01. The first-order valence-electron chi connectivity index (χ1n) is 7.37. The second-order valence-electron chi connectivity index (χ2n) is 6.05. The number of alkyl halides is 4. The highest BCUT2D eigenvalue weighted by atomic mass is 35.5. The third kappa shape index (κ3) is 4.03. The van der Waals surface area contributed by atoms with Gasteiger partial charge >= 0.3 is 6.18 Å². The van der Waals surface area contributed by atoms with E-state index in [1.54, 1.807) is 4.90 Å². The second kappa shape index (κ2) is 6.73. The Hall–Kier alpha value is -0.490. The summed E-state index contributed by atoms with van der Waals surface area (Å²) < 4.78 is 44.0. The van der Waals surface area contributed by atoms with Crippen LogP contribution in [0.25, 0.3) is 0 Å². The maximum atomic E-state index is 12.9. The lowest BCUT2D eigenvalue weighted by molar-refractivity contribution is -0.188. The van der Waals surface area contributed by atoms with E-state index in [2.05, 4.69) is 0 Å². The van der Waals surface area contributed by atoms with E-state index in [0.29, 0.717) is 26.0 Å². The molecule has 4 atom stereocenters. The van der Waals surface area contributed by atoms with E-state index in [4.69, 9.17) is 16.3 Å². The Kier molecular flexibility index (Phi) is 5.41. The average molecular weight is 328 g/mol. The van der Waals surface area contributed by atoms with Crippen LogP contribution >= 0.6 is 11.6 Å². The fraction of sp³-hybridized carbons (Fsp3) is 0.929. The van der Waals surface area contributed by atoms with Crippen molar-refractivity contribution in [2.24, 2.45) is 11.8 Å². The Bertz CT molecular complexity index is 378. The minimum atomic E-state index is -4.20. The largest absolute Gasteiger partial charge is 0.391 e. The summed E-state index contributed by atoms with van der Waals surface area (Å²) in [6, 6.07) is -0.108. The normalized spacial score (nSPS) is 34.8. The standard InChI is InChI=1S/C14H21ClF3NO2/c1-9-8-21-12(6-15)7-19(9)13(20)10-3-2-4-11(5-10)14(16,17)18/h9-12H,2-8H2,1H3. The van der Waals surface area contributed by atoms with Gasteiger partial charge in [0.2, 0.25) is 5.91 Å². The lowest BCUT2D eigenvalue weighted by Gasteiger charge is -2.40. The number of carbonyl (C=O) groups is 1. The average Bonchev–Trinajstić information content (AvgIpc) is 2.46. The van der Waals surface area contributed by atoms with Crippen LogP contribution in [0.2, 0.25) is 0 Å². The first kappa shape index (κ1) is 16.9. The van der Waals surface area contributed by atoms with Gasteiger partial charge in [0, 0.05) is 12.5 Å². The number of nitrogens with zero attached hydrogens (tertiary/aromatic N) is 1. The van der Waals surface area contributed by atoms with Gasteiger partial charge in [0.15, 0.2) is 0 Å². The van der Waals surface area contributed by atoms with Crippen LogP contribution in [0, 0.1) is 11.8 Å². The van der Waals surface area contributed by atoms with Crippen LogP contribution in [-0.2, 0) is 9.53 Å². The third-order valence-corrected chi connectivity index (χ3v) is 4.79. The van der Waals surface area contributed by atoms with Crippen molar-refractivity contribution in [1.29, 1.82) is 0 Å². The molecular weight excluding hydrogens is 307 g/mol. The van der Waals surface area contributed by atoms with Gasteiger partial charge in [0.1, 0.15) is 0 Å². The number of halogens is 4. The van der Waals surface area contributed by atoms with Gasteiger partial charge in [-0.05, 0) is 26.2 Å². The zero-order valence-electron chi connectivity index (χ0n) is 12.0. The van der Waals surface area contributed by atoms with Crippen LogP contribution in [0.5, 0.6) is 0 Å². The zero-order chi connectivity index (χ0) is 15.6. The summed E-state index contributed by atoms with van der Waals surface area (Å²) in [6.07, 6.45) is -3.38. The summed E-state index contributed by atoms with van der Waals surface area (Å²) in [5.74, 6) is -1.76. The monoisotopic (exact) mass is 327 g/mol. The molecule has 1 saturated carbocycles. The predicted octanol–water partition coefficient (Wildman–Crippen LogP) is 3.21. The Morgan fingerprint density at radius 1 is 1.38 bits per heavy atom. The number of hydrogen-bond donors (Lipinski definition) is 0. The van der Waals surface area contributed by atoms with Crippen LogP contribution in [0.3, 0.4) is 0 Å². The van der Waals surface area contributed by atoms with Crippen LogP contribution in [0.15, 0.2) is 0 Å². The van der Waals surface area contributed by atoms with Gasteiger partial charge in [-0.3, -0.25) is 4.79 Å². The fourth-order valence-corrected chi connectivity index (χ4v) is 3.35. The number of hydrogen-bond acceptors (Lipinski definition) is 2. The van der Waals surface area contributed by atoms with Crippen molar-refractivity contribution in [3.8, 4) is 0 Å². The van der Waals surface area contributed by atoms with Crippen molar-refractivity contribution in [3.63, 3.8) is 0 Å². The van der Waals surface area contributed by atoms with Gasteiger partial charge in [-0.15, -0.1) is 11.6 Å². The molecule has 122 valence electrons. The fourth-order valence-electron chi connectivity index (χ4n) is 3.16. The molecule has 7 heteroatoms. The topological polar surface area (TPSA) is 29.5 Å². The summed E-state index contributed by atoms with van der Waals surface area (Å²) in [5.41, 5.74) is 0. The molecule has 1 amide bonds. The summed E-state index contributed by atoms with van der Waals surface area (Å²) in [7, 11) is 0. The first-order chi connectivity index (χ1) is 9.82. The molecule has 4 unspecified atom stereocenters. The molecule has 0 radical (unpaired) electrons. The zero-order valence-corrected chi connectivity index (χ0v) is 12.8. The highest BCUT2D eigenvalue weighted by Crippen LogP contribution is 2.40. The Morgan fingerprint density at radius 2 is 2.10 bits per heavy atom. The number of carbonyl (C=O) groups excluding carboxylic acids is 1. The molecule has 0 bridgehead atoms. The highest BCUT2D eigenvalue weighted by Gasteiger charge is 2.45. The molecule has 0 aromatic rings. The van der Waals surface area contributed by atoms with E-state index < -0.39 is 18.0 Å². The van der Waals surface area contributed by atoms with Gasteiger partial charge in [-0.25, -0.2) is 0 Å². The highest BCUT2D eigenvalue weighted by molar-refractivity contribution is 6.18. The molecule has 1 aliphatic heterocycles. The number of ether oxygens (including phenoxy) is 1. The lowest BCUT2D eigenvalue weighted by Crippen LogP contribution is -2.53. The summed E-state index contributed by atoms with van der Waals surface area (Å²) in [5, 5.41) is 0. The van der Waals surface area contributed by atoms with Crippen molar-refractivity contribution < 1.29 is 22.7 Å². The van der Waals surface area contributed by atoms with Crippen molar-refractivity contribution in [1.82, 2.24) is 4.90 Å². The van der Waals surface area contributed by atoms with Gasteiger partial charge in [0.25, 0.3) is 0 Å². The SMILES string of the molecule is CC1COC(CCl)CN1C(=O)C1CCCC(C(F)(F)F)C1. The van der Waals surface area contributed by atoms with Gasteiger partial charge in [-0.2, -0.15) is 13.2 Å². The molecule has 2 aliphatic rings. The Morgan fingerprint density at radius 3 is 2.71 bits per heavy atom. The van der Waals surface area contributed by atoms with E-state index in [1.165, 1.54) is 0 Å². The summed E-state index contributed by atoms with van der Waals surface area (Å²) >= 11 is 5.76. The van der Waals surface area contributed by atoms with Gasteiger partial charge in [-0.1, -0.05) is 6.42 Å². The molecule has 1 heterocycles. The Labute approximate surface area is 127 Å². The van der Waals surface area contributed by atoms with Crippen molar-refractivity contribution in [2.45, 2.75) is 50.9 Å². The lowest BCUT2D eigenvalue weighted by atomic mass is 9.80. The van der Waals surface area contributed by atoms with E-state index in [1.807, 2.05) is 6.92 Å². The molecule has 1 aliphatic carbocycles. The minimum Gasteiger partial charge on any atom is -0.373 e. The van der Waals surface area contributed by atoms with Gasteiger partial charge < -0.3 is 9.64 Å². The number of amides is 1. The molecular formula is C14H21ClF3NO2. The van der Waals surface area contributed by atoms with E-state index in [9.17, 15) is 18.0 Å². The molecule has 3 nitrogen and oxygen atoms in total. The molecule has 0 aromatic heterocycles. The predicted molar refractivity (Wildman–Crippen MR) is 73.1 cm³/mol. The van der Waals surface area contributed by atoms with Crippen LogP contribution in [0.1, 0.15) is 32.6 Å². The molecule has 1 saturated heterocycles. The van der Waals surface area contributed by atoms with Crippen LogP contribution in [0.4, 0.5) is 13.2 Å². The van der Waals surface area contributed by atoms with Crippen molar-refractivity contribution >= 4 is 17.5 Å². The van der Waals surface area contributed by atoms with Crippen molar-refractivity contribution in [3.05, 3.63) is 0 Å². The molecule has 21 heavy (non-hydrogen) atoms. The van der Waals surface area contributed by atoms with E-state index in [0.717, 1.165) is 0 Å². The summed E-state index contributed by atoms with van der Waals surface area (Å²) in [4.78, 5) is 14.2. The minimum absolute atomic E-state index is 0.0854. The van der Waals surface area contributed by atoms with Crippen molar-refractivity contribution in [2.75, 3.05) is 19.0 Å². The van der Waals surface area contributed by atoms with E-state index >= 15 is 0 Å². The van der Waals surface area contributed by atoms with Gasteiger partial charge in [0.05, 0.1) is 30.6 Å². The van der Waals surface area contributed by atoms with Crippen LogP contribution in [-0.4, -0.2) is 48.2 Å². The summed E-state index contributed by atoms with van der Waals surface area (Å²) in [6.45, 7) is 2.61. The molecule has 2 fully saturated rings. The smallest absolute Gasteiger partial charge is 0.373 e. The third-order valence-electron chi connectivity index (χ3n) is 4.45. The molecule has 0 aromatic carbocycles. The number of rotatable bonds is 2. The second-order valence-corrected chi connectivity index (χ2v) is 6.36. The maximum Gasteiger partial charge on any atom is 0.391 e. The number of morpholine rings is 1. The van der Waals surface area contributed by atoms with E-state index in [-0.39, 0.29) is 36.8 Å². The molecule has 2 rings (SSSR count). The first-order valence-corrected chi connectivity index (χ1v) is 7.91. The maximum absolute atomic E-state index is 12.9. The quantitative estimate of drug-likeness (QED) is 0.729. The molecule has 0 N–H and O–H groups in total. The van der Waals surface area contributed by atoms with Crippen LogP contribution < -0.4 is 0 Å².